The number of nitrogen functional groups attached to an aromatic ring is 2. The average molecular weight is 461 g/mol. The van der Waals surface area contributed by atoms with E-state index in [1.165, 1.54) is 0 Å². The zero-order valence-electron chi connectivity index (χ0n) is 18.8. The van der Waals surface area contributed by atoms with Crippen LogP contribution in [-0.4, -0.2) is 15.0 Å². The number of benzene rings is 4. The van der Waals surface area contributed by atoms with Crippen molar-refractivity contribution in [2.45, 2.75) is 0 Å². The Kier molecular flexibility index (Phi) is 6.08. The quantitative estimate of drug-likeness (QED) is 0.219. The van der Waals surface area contributed by atoms with Crippen molar-refractivity contribution in [1.29, 1.82) is 0 Å². The molecule has 5 aromatic rings. The number of nitrogens with one attached hydrogen (secondary N) is 2. The van der Waals surface area contributed by atoms with Gasteiger partial charge in [0.05, 0.1) is 0 Å². The zero-order valence-corrected chi connectivity index (χ0v) is 18.8. The van der Waals surface area contributed by atoms with Crippen LogP contribution in [0.15, 0.2) is 109 Å². The van der Waals surface area contributed by atoms with Crippen molar-refractivity contribution in [1.82, 2.24) is 15.0 Å². The summed E-state index contributed by atoms with van der Waals surface area (Å²) in [7, 11) is 0. The van der Waals surface area contributed by atoms with Gasteiger partial charge in [-0.1, -0.05) is 48.5 Å². The van der Waals surface area contributed by atoms with E-state index in [1.807, 2.05) is 114 Å². The van der Waals surface area contributed by atoms with Gasteiger partial charge in [0.25, 0.3) is 0 Å². The molecule has 5 rings (SSSR count). The number of hydrogen-bond acceptors (Lipinski definition) is 8. The van der Waals surface area contributed by atoms with Crippen molar-refractivity contribution in [2.75, 3.05) is 27.0 Å². The second-order valence-electron chi connectivity index (χ2n) is 7.79. The smallest absolute Gasteiger partial charge is 0.241 e. The molecule has 6 N–H and O–H groups in total. The minimum atomic E-state index is 0.365. The highest BCUT2D eigenvalue weighted by Gasteiger charge is 2.18. The number of aromatic nitrogens is 3. The third-order valence-electron chi connectivity index (χ3n) is 5.14. The van der Waals surface area contributed by atoms with Crippen molar-refractivity contribution >= 4 is 52.0 Å². The lowest BCUT2D eigenvalue weighted by Gasteiger charge is -2.24. The maximum atomic E-state index is 5.96. The molecule has 0 atom stereocenters. The number of nitrogens with zero attached hydrogens (tertiary/aromatic N) is 4. The summed E-state index contributed by atoms with van der Waals surface area (Å²) in [5.74, 6) is 1.17. The summed E-state index contributed by atoms with van der Waals surface area (Å²) in [5, 5.41) is 6.49. The molecule has 0 aliphatic heterocycles. The fourth-order valence-electron chi connectivity index (χ4n) is 3.60. The van der Waals surface area contributed by atoms with Gasteiger partial charge >= 0.3 is 0 Å². The molecule has 0 aliphatic carbocycles. The van der Waals surface area contributed by atoms with E-state index in [9.17, 15) is 0 Å². The Labute approximate surface area is 203 Å². The molecule has 0 fully saturated rings. The van der Waals surface area contributed by atoms with Gasteiger partial charge in [-0.25, -0.2) is 0 Å². The van der Waals surface area contributed by atoms with Gasteiger partial charge in [0.15, 0.2) is 0 Å². The van der Waals surface area contributed by atoms with E-state index in [0.717, 1.165) is 22.7 Å². The molecule has 4 aromatic carbocycles. The van der Waals surface area contributed by atoms with Crippen LogP contribution in [0.3, 0.4) is 0 Å². The van der Waals surface area contributed by atoms with Crippen LogP contribution < -0.4 is 27.0 Å². The van der Waals surface area contributed by atoms with Gasteiger partial charge < -0.3 is 22.1 Å². The van der Waals surface area contributed by atoms with Crippen LogP contribution in [0, 0.1) is 0 Å². The van der Waals surface area contributed by atoms with E-state index >= 15 is 0 Å². The molecule has 0 aliphatic rings. The molecule has 0 unspecified atom stereocenters. The number of anilines is 9. The number of para-hydroxylation sites is 2. The minimum absolute atomic E-state index is 0.365. The van der Waals surface area contributed by atoms with Crippen LogP contribution in [0.5, 0.6) is 0 Å². The third-order valence-corrected chi connectivity index (χ3v) is 5.14. The Morgan fingerprint density at radius 2 is 0.971 bits per heavy atom. The van der Waals surface area contributed by atoms with Crippen molar-refractivity contribution in [3.05, 3.63) is 109 Å². The fraction of sp³-hybridized carbons (Fsp3) is 0. The SMILES string of the molecule is Nc1cccc(Nc2nc(Nc3cccc(N)c3)nc(N(c3ccccc3)c3ccccc3)n2)c1. The lowest BCUT2D eigenvalue weighted by atomic mass is 10.2. The number of rotatable bonds is 7. The Morgan fingerprint density at radius 3 is 1.40 bits per heavy atom. The first-order chi connectivity index (χ1) is 17.1. The van der Waals surface area contributed by atoms with Gasteiger partial charge in [0.2, 0.25) is 17.8 Å². The summed E-state index contributed by atoms with van der Waals surface area (Å²) in [6.45, 7) is 0. The first kappa shape index (κ1) is 21.7. The molecule has 0 saturated carbocycles. The third kappa shape index (κ3) is 5.28. The second kappa shape index (κ2) is 9.80. The number of hydrogen-bond donors (Lipinski definition) is 4. The highest BCUT2D eigenvalue weighted by Crippen LogP contribution is 2.33. The normalized spacial score (nSPS) is 10.5. The summed E-state index contributed by atoms with van der Waals surface area (Å²) in [5.41, 5.74) is 16.6. The monoisotopic (exact) mass is 460 g/mol. The Balaban J connectivity index is 1.62. The van der Waals surface area contributed by atoms with Crippen molar-refractivity contribution < 1.29 is 0 Å². The van der Waals surface area contributed by atoms with Gasteiger partial charge in [0, 0.05) is 34.1 Å². The standard InChI is InChI=1S/C27H24N8/c28-19-9-7-11-21(17-19)30-25-32-26(31-22-12-8-10-20(29)18-22)34-27(33-25)35(23-13-3-1-4-14-23)24-15-5-2-6-16-24/h1-18H,28-29H2,(H2,30,31,32,33,34). The zero-order chi connectivity index (χ0) is 24.0. The molecule has 172 valence electrons. The van der Waals surface area contributed by atoms with Crippen LogP contribution in [0.2, 0.25) is 0 Å². The van der Waals surface area contributed by atoms with Gasteiger partial charge in [-0.15, -0.1) is 0 Å². The van der Waals surface area contributed by atoms with E-state index in [2.05, 4.69) is 15.6 Å². The van der Waals surface area contributed by atoms with Crippen molar-refractivity contribution in [2.24, 2.45) is 0 Å². The van der Waals surface area contributed by atoms with E-state index in [4.69, 9.17) is 21.4 Å². The van der Waals surface area contributed by atoms with Gasteiger partial charge in [-0.05, 0) is 60.7 Å². The molecule has 35 heavy (non-hydrogen) atoms. The molecule has 1 aromatic heterocycles. The highest BCUT2D eigenvalue weighted by atomic mass is 15.3. The molecule has 8 nitrogen and oxygen atoms in total. The largest absolute Gasteiger partial charge is 0.399 e. The van der Waals surface area contributed by atoms with Crippen molar-refractivity contribution in [3.63, 3.8) is 0 Å². The second-order valence-corrected chi connectivity index (χ2v) is 7.79. The molecular weight excluding hydrogens is 436 g/mol. The Morgan fingerprint density at radius 1 is 0.514 bits per heavy atom. The van der Waals surface area contributed by atoms with Crippen molar-refractivity contribution in [3.8, 4) is 0 Å². The fourth-order valence-corrected chi connectivity index (χ4v) is 3.60. The minimum Gasteiger partial charge on any atom is -0.399 e. The van der Waals surface area contributed by atoms with Gasteiger partial charge in [0.1, 0.15) is 0 Å². The molecule has 0 bridgehead atoms. The van der Waals surface area contributed by atoms with Crippen LogP contribution >= 0.6 is 0 Å². The lowest BCUT2D eigenvalue weighted by Crippen LogP contribution is -2.16. The first-order valence-corrected chi connectivity index (χ1v) is 11.1. The summed E-state index contributed by atoms with van der Waals surface area (Å²) >= 11 is 0. The van der Waals surface area contributed by atoms with Crippen LogP contribution in [0.4, 0.5) is 52.0 Å². The highest BCUT2D eigenvalue weighted by molar-refractivity contribution is 5.74. The Bertz CT molecular complexity index is 1320. The van der Waals surface area contributed by atoms with E-state index in [0.29, 0.717) is 29.2 Å². The molecule has 0 spiro atoms. The average Bonchev–Trinajstić information content (AvgIpc) is 2.86. The molecule has 8 heteroatoms. The maximum absolute atomic E-state index is 5.96. The van der Waals surface area contributed by atoms with E-state index < -0.39 is 0 Å². The summed E-state index contributed by atoms with van der Waals surface area (Å²) in [6.07, 6.45) is 0. The predicted molar refractivity (Wildman–Crippen MR) is 143 cm³/mol. The predicted octanol–water partition coefficient (Wildman–Crippen LogP) is 5.99. The lowest BCUT2D eigenvalue weighted by molar-refractivity contribution is 1.02. The molecule has 0 radical (unpaired) electrons. The van der Waals surface area contributed by atoms with Gasteiger partial charge in [-0.2, -0.15) is 15.0 Å². The molecule has 0 saturated heterocycles. The maximum Gasteiger partial charge on any atom is 0.241 e. The topological polar surface area (TPSA) is 118 Å². The van der Waals surface area contributed by atoms with Gasteiger partial charge in [-0.3, -0.25) is 4.90 Å². The first-order valence-electron chi connectivity index (χ1n) is 11.1. The number of nitrogens with two attached hydrogens (primary N) is 2. The van der Waals surface area contributed by atoms with Crippen LogP contribution in [0.25, 0.3) is 0 Å². The Hall–Kier alpha value is -5.11. The molecule has 1 heterocycles. The van der Waals surface area contributed by atoms with Crippen LogP contribution in [0.1, 0.15) is 0 Å². The van der Waals surface area contributed by atoms with Crippen LogP contribution in [-0.2, 0) is 0 Å². The summed E-state index contributed by atoms with van der Waals surface area (Å²) < 4.78 is 0. The summed E-state index contributed by atoms with van der Waals surface area (Å²) in [6, 6.07) is 34.7. The van der Waals surface area contributed by atoms with E-state index in [-0.39, 0.29) is 0 Å². The van der Waals surface area contributed by atoms with E-state index in [1.54, 1.807) is 0 Å². The molecule has 0 amide bonds. The summed E-state index contributed by atoms with van der Waals surface area (Å²) in [4.78, 5) is 16.1. The molecular formula is C27H24N8.